The summed E-state index contributed by atoms with van der Waals surface area (Å²) in [6.45, 7) is 5.88. The van der Waals surface area contributed by atoms with E-state index in [-0.39, 0.29) is 0 Å². The molecular formula is C21H31N3O. The van der Waals surface area contributed by atoms with E-state index in [1.54, 1.807) is 0 Å². The topological polar surface area (TPSA) is 34.2 Å². The van der Waals surface area contributed by atoms with Gasteiger partial charge in [0.15, 0.2) is 11.6 Å². The molecule has 0 amide bonds. The number of rotatable bonds is 6. The van der Waals surface area contributed by atoms with Crippen molar-refractivity contribution in [1.82, 2.24) is 14.5 Å². The van der Waals surface area contributed by atoms with Gasteiger partial charge in [0.25, 0.3) is 0 Å². The van der Waals surface area contributed by atoms with Crippen LogP contribution >= 0.6 is 0 Å². The van der Waals surface area contributed by atoms with Crippen LogP contribution in [0.15, 0.2) is 28.9 Å². The molecule has 0 saturated carbocycles. The van der Waals surface area contributed by atoms with E-state index in [2.05, 4.69) is 39.7 Å². The minimum Gasteiger partial charge on any atom is -0.458 e. The van der Waals surface area contributed by atoms with E-state index >= 15 is 0 Å². The van der Waals surface area contributed by atoms with Gasteiger partial charge in [-0.25, -0.2) is 4.98 Å². The van der Waals surface area contributed by atoms with Gasteiger partial charge in [0.1, 0.15) is 5.76 Å². The molecule has 0 aromatic carbocycles. The quantitative estimate of drug-likeness (QED) is 0.760. The Balaban J connectivity index is 1.42. The molecule has 25 heavy (non-hydrogen) atoms. The summed E-state index contributed by atoms with van der Waals surface area (Å²) in [5.74, 6) is 3.81. The summed E-state index contributed by atoms with van der Waals surface area (Å²) in [6.07, 6.45) is 14.4. The Morgan fingerprint density at radius 3 is 3.00 bits per heavy atom. The van der Waals surface area contributed by atoms with Crippen LogP contribution in [0.25, 0.3) is 11.6 Å². The van der Waals surface area contributed by atoms with Crippen molar-refractivity contribution in [3.05, 3.63) is 30.3 Å². The van der Waals surface area contributed by atoms with Crippen molar-refractivity contribution in [1.29, 1.82) is 0 Å². The first-order chi connectivity index (χ1) is 12.3. The Hall–Kier alpha value is -1.55. The average molecular weight is 341 g/mol. The Kier molecular flexibility index (Phi) is 5.25. The summed E-state index contributed by atoms with van der Waals surface area (Å²) in [5, 5.41) is 0. The number of furan rings is 1. The minimum atomic E-state index is 0.828. The van der Waals surface area contributed by atoms with E-state index in [1.807, 2.05) is 6.20 Å². The van der Waals surface area contributed by atoms with E-state index in [1.165, 1.54) is 51.6 Å². The Morgan fingerprint density at radius 2 is 2.08 bits per heavy atom. The first-order valence-corrected chi connectivity index (χ1v) is 10.2. The van der Waals surface area contributed by atoms with Gasteiger partial charge in [0, 0.05) is 31.4 Å². The zero-order valence-electron chi connectivity index (χ0n) is 15.5. The van der Waals surface area contributed by atoms with E-state index in [0.717, 1.165) is 48.7 Å². The van der Waals surface area contributed by atoms with Gasteiger partial charge in [-0.1, -0.05) is 13.3 Å². The molecule has 0 bridgehead atoms. The third kappa shape index (κ3) is 3.69. The van der Waals surface area contributed by atoms with Crippen LogP contribution in [0.3, 0.4) is 0 Å². The second-order valence-corrected chi connectivity index (χ2v) is 7.75. The fourth-order valence-electron chi connectivity index (χ4n) is 4.81. The van der Waals surface area contributed by atoms with Crippen molar-refractivity contribution in [3.63, 3.8) is 0 Å². The van der Waals surface area contributed by atoms with Crippen molar-refractivity contribution in [2.24, 2.45) is 5.92 Å². The zero-order valence-corrected chi connectivity index (χ0v) is 15.5. The fourth-order valence-corrected chi connectivity index (χ4v) is 4.81. The van der Waals surface area contributed by atoms with Gasteiger partial charge in [-0.15, -0.1) is 0 Å². The van der Waals surface area contributed by atoms with Crippen molar-refractivity contribution < 1.29 is 4.42 Å². The summed E-state index contributed by atoms with van der Waals surface area (Å²) < 4.78 is 8.28. The van der Waals surface area contributed by atoms with Crippen LogP contribution in [-0.4, -0.2) is 33.6 Å². The highest BCUT2D eigenvalue weighted by molar-refractivity contribution is 5.47. The summed E-state index contributed by atoms with van der Waals surface area (Å²) in [6, 6.07) is 5.00. The molecule has 2 saturated heterocycles. The van der Waals surface area contributed by atoms with Crippen LogP contribution in [0.1, 0.15) is 57.6 Å². The minimum absolute atomic E-state index is 0.828. The van der Waals surface area contributed by atoms with Gasteiger partial charge in [0.2, 0.25) is 0 Å². The van der Waals surface area contributed by atoms with Gasteiger partial charge >= 0.3 is 0 Å². The van der Waals surface area contributed by atoms with Crippen LogP contribution in [0.2, 0.25) is 0 Å². The maximum absolute atomic E-state index is 6.00. The summed E-state index contributed by atoms with van der Waals surface area (Å²) >= 11 is 0. The second-order valence-electron chi connectivity index (χ2n) is 7.75. The average Bonchev–Trinajstić information content (AvgIpc) is 3.29. The van der Waals surface area contributed by atoms with Gasteiger partial charge in [0.05, 0.1) is 0 Å². The van der Waals surface area contributed by atoms with Gasteiger partial charge in [-0.2, -0.15) is 0 Å². The molecule has 4 nitrogen and oxygen atoms in total. The number of hydrogen-bond acceptors (Lipinski definition) is 3. The molecule has 0 N–H and O–H groups in total. The summed E-state index contributed by atoms with van der Waals surface area (Å²) in [7, 11) is 0. The van der Waals surface area contributed by atoms with Crippen molar-refractivity contribution in [2.45, 2.75) is 70.9 Å². The van der Waals surface area contributed by atoms with Gasteiger partial charge in [-0.05, 0) is 69.7 Å². The Labute approximate surface area is 151 Å². The monoisotopic (exact) mass is 341 g/mol. The predicted molar refractivity (Wildman–Crippen MR) is 100 cm³/mol. The molecule has 2 aliphatic rings. The van der Waals surface area contributed by atoms with Crippen LogP contribution in [0, 0.1) is 5.92 Å². The molecule has 4 heterocycles. The van der Waals surface area contributed by atoms with Crippen LogP contribution in [0.5, 0.6) is 0 Å². The van der Waals surface area contributed by atoms with Gasteiger partial charge < -0.3 is 13.9 Å². The third-order valence-electron chi connectivity index (χ3n) is 6.06. The predicted octanol–water partition coefficient (Wildman–Crippen LogP) is 4.75. The molecule has 0 aliphatic carbocycles. The molecular weight excluding hydrogens is 310 g/mol. The number of hydrogen-bond donors (Lipinski definition) is 0. The van der Waals surface area contributed by atoms with Crippen LogP contribution < -0.4 is 0 Å². The molecule has 0 radical (unpaired) electrons. The largest absolute Gasteiger partial charge is 0.458 e. The normalized spacial score (nSPS) is 24.4. The molecule has 4 rings (SSSR count). The van der Waals surface area contributed by atoms with E-state index in [9.17, 15) is 0 Å². The highest BCUT2D eigenvalue weighted by atomic mass is 16.3. The van der Waals surface area contributed by atoms with E-state index < -0.39 is 0 Å². The standard InChI is InChI=1S/C21H31N3O/c1-2-6-18-9-10-20(25-18)21-22-12-16-24(21)15-11-17-7-5-14-23-13-4-3-8-19(17)23/h9-10,12,16-17,19H,2-8,11,13-15H2,1H3/t17-,19+/m0/s1. The third-order valence-corrected chi connectivity index (χ3v) is 6.06. The zero-order chi connectivity index (χ0) is 17.1. The van der Waals surface area contributed by atoms with E-state index in [0.29, 0.717) is 0 Å². The molecule has 2 atom stereocenters. The molecule has 136 valence electrons. The lowest BCUT2D eigenvalue weighted by molar-refractivity contribution is 0.0539. The lowest BCUT2D eigenvalue weighted by Gasteiger charge is -2.44. The second kappa shape index (κ2) is 7.77. The lowest BCUT2D eigenvalue weighted by Crippen LogP contribution is -2.48. The fraction of sp³-hybridized carbons (Fsp3) is 0.667. The summed E-state index contributed by atoms with van der Waals surface area (Å²) in [5.41, 5.74) is 0. The van der Waals surface area contributed by atoms with Crippen LogP contribution in [0.4, 0.5) is 0 Å². The molecule has 2 aromatic heterocycles. The number of imidazole rings is 1. The maximum atomic E-state index is 6.00. The first kappa shape index (κ1) is 16.9. The molecule has 2 aliphatic heterocycles. The highest BCUT2D eigenvalue weighted by Gasteiger charge is 2.32. The van der Waals surface area contributed by atoms with E-state index in [4.69, 9.17) is 4.42 Å². The molecule has 2 aromatic rings. The molecule has 0 unspecified atom stereocenters. The summed E-state index contributed by atoms with van der Waals surface area (Å²) in [4.78, 5) is 7.32. The molecule has 2 fully saturated rings. The number of aryl methyl sites for hydroxylation is 2. The lowest BCUT2D eigenvalue weighted by atomic mass is 9.81. The van der Waals surface area contributed by atoms with Crippen molar-refractivity contribution in [3.8, 4) is 11.6 Å². The SMILES string of the molecule is CCCc1ccc(-c2nccn2CC[C@@H]2CCCN3CCCC[C@H]23)o1. The van der Waals surface area contributed by atoms with Gasteiger partial charge in [-0.3, -0.25) is 0 Å². The number of piperidine rings is 2. The highest BCUT2D eigenvalue weighted by Crippen LogP contribution is 2.33. The number of nitrogens with zero attached hydrogens (tertiary/aromatic N) is 3. The van der Waals surface area contributed by atoms with Crippen LogP contribution in [-0.2, 0) is 13.0 Å². The first-order valence-electron chi connectivity index (χ1n) is 10.2. The van der Waals surface area contributed by atoms with Crippen molar-refractivity contribution >= 4 is 0 Å². The maximum Gasteiger partial charge on any atom is 0.176 e. The smallest absolute Gasteiger partial charge is 0.176 e. The Morgan fingerprint density at radius 1 is 1.16 bits per heavy atom. The van der Waals surface area contributed by atoms with Crippen molar-refractivity contribution in [2.75, 3.05) is 13.1 Å². The molecule has 4 heteroatoms. The number of fused-ring (bicyclic) bond motifs is 1. The number of aromatic nitrogens is 2. The Bertz CT molecular complexity index is 672. The molecule has 0 spiro atoms.